The van der Waals surface area contributed by atoms with E-state index < -0.39 is 35.8 Å². The van der Waals surface area contributed by atoms with Gasteiger partial charge >= 0.3 is 35.8 Å². The number of esters is 6. The van der Waals surface area contributed by atoms with Gasteiger partial charge in [-0.15, -0.1) is 0 Å². The summed E-state index contributed by atoms with van der Waals surface area (Å²) in [6.45, 7) is 8.31. The van der Waals surface area contributed by atoms with E-state index in [9.17, 15) is 28.8 Å². The SMILES string of the molecule is CCCCCCCOc1ccc(OC(=O)c2ccc(OC(=O)c3ccc(C(=O)Oc4ccc(C(=O)Oc5ccc(OCCCCCCC)cc5)cc4)c(C(=O)Oc4ccc(C(=O)Oc5ccc(OCCCCCCC)cc5)cc4)c3)cc2)cc1. The van der Waals surface area contributed by atoms with Crippen molar-refractivity contribution in [1.82, 2.24) is 0 Å². The predicted octanol–water partition coefficient (Wildman–Crippen LogP) is 16.0. The summed E-state index contributed by atoms with van der Waals surface area (Å²) in [6.07, 6.45) is 16.8. The molecule has 0 atom stereocenters. The Hall–Kier alpha value is -9.24. The van der Waals surface area contributed by atoms with Crippen LogP contribution < -0.4 is 42.6 Å². The second kappa shape index (κ2) is 33.6. The molecular weight excluding hydrogens is 1070 g/mol. The van der Waals surface area contributed by atoms with Gasteiger partial charge in [-0.3, -0.25) is 0 Å². The minimum Gasteiger partial charge on any atom is -0.494 e. The molecule has 0 N–H and O–H groups in total. The molecule has 0 saturated carbocycles. The molecule has 15 heteroatoms. The molecule has 0 aliphatic carbocycles. The van der Waals surface area contributed by atoms with Crippen molar-refractivity contribution in [3.63, 3.8) is 0 Å². The third-order valence-electron chi connectivity index (χ3n) is 13.2. The predicted molar refractivity (Wildman–Crippen MR) is 318 cm³/mol. The van der Waals surface area contributed by atoms with Crippen molar-refractivity contribution in [3.8, 4) is 51.7 Å². The fourth-order valence-corrected chi connectivity index (χ4v) is 8.48. The van der Waals surface area contributed by atoms with Gasteiger partial charge < -0.3 is 42.6 Å². The van der Waals surface area contributed by atoms with Crippen molar-refractivity contribution in [1.29, 1.82) is 0 Å². The van der Waals surface area contributed by atoms with Crippen LogP contribution in [0.25, 0.3) is 0 Å². The third-order valence-corrected chi connectivity index (χ3v) is 13.2. The Labute approximate surface area is 491 Å². The second-order valence-electron chi connectivity index (χ2n) is 19.9. The first-order chi connectivity index (χ1) is 41.0. The third kappa shape index (κ3) is 20.3. The van der Waals surface area contributed by atoms with Crippen LogP contribution in [0.3, 0.4) is 0 Å². The van der Waals surface area contributed by atoms with Crippen LogP contribution in [0.15, 0.2) is 164 Å². The molecule has 438 valence electrons. The lowest BCUT2D eigenvalue weighted by Gasteiger charge is -2.12. The van der Waals surface area contributed by atoms with Gasteiger partial charge in [0.05, 0.1) is 53.2 Å². The number of ether oxygens (including phenoxy) is 9. The lowest BCUT2D eigenvalue weighted by atomic mass is 10.0. The van der Waals surface area contributed by atoms with Crippen LogP contribution in [0.5, 0.6) is 51.7 Å². The largest absolute Gasteiger partial charge is 0.494 e. The quantitative estimate of drug-likeness (QED) is 0.0215. The minimum atomic E-state index is -1.06. The first-order valence-electron chi connectivity index (χ1n) is 28.9. The van der Waals surface area contributed by atoms with Crippen LogP contribution in [-0.4, -0.2) is 55.6 Å². The Morgan fingerprint density at radius 2 is 0.464 bits per heavy atom. The van der Waals surface area contributed by atoms with Gasteiger partial charge in [0.1, 0.15) is 51.7 Å². The first-order valence-corrected chi connectivity index (χ1v) is 28.9. The lowest BCUT2D eigenvalue weighted by Crippen LogP contribution is -2.19. The van der Waals surface area contributed by atoms with E-state index in [4.69, 9.17) is 42.6 Å². The van der Waals surface area contributed by atoms with Gasteiger partial charge in [-0.25, -0.2) is 28.8 Å². The Balaban J connectivity index is 0.990. The Kier molecular flexibility index (Phi) is 25.0. The van der Waals surface area contributed by atoms with Gasteiger partial charge in [-0.2, -0.15) is 0 Å². The molecule has 0 spiro atoms. The highest BCUT2D eigenvalue weighted by molar-refractivity contribution is 6.06. The number of carbonyl (C=O) groups excluding carboxylic acids is 6. The Morgan fingerprint density at radius 3 is 0.762 bits per heavy atom. The van der Waals surface area contributed by atoms with E-state index in [2.05, 4.69) is 20.8 Å². The molecule has 0 saturated heterocycles. The van der Waals surface area contributed by atoms with Gasteiger partial charge in [0.15, 0.2) is 0 Å². The maximum Gasteiger partial charge on any atom is 0.344 e. The normalized spacial score (nSPS) is 10.8. The molecule has 0 amide bonds. The van der Waals surface area contributed by atoms with Gasteiger partial charge in [-0.1, -0.05) is 97.8 Å². The van der Waals surface area contributed by atoms with E-state index in [0.717, 1.165) is 44.6 Å². The molecule has 7 aromatic rings. The number of hydrogen-bond donors (Lipinski definition) is 0. The van der Waals surface area contributed by atoms with Crippen LogP contribution in [0.4, 0.5) is 0 Å². The van der Waals surface area contributed by atoms with E-state index >= 15 is 0 Å². The molecule has 84 heavy (non-hydrogen) atoms. The zero-order chi connectivity index (χ0) is 59.3. The molecule has 0 heterocycles. The maximum atomic E-state index is 14.1. The number of hydrogen-bond acceptors (Lipinski definition) is 15. The molecule has 0 aromatic heterocycles. The summed E-state index contributed by atoms with van der Waals surface area (Å²) >= 11 is 0. The van der Waals surface area contributed by atoms with Crippen LogP contribution >= 0.6 is 0 Å². The van der Waals surface area contributed by atoms with Crippen molar-refractivity contribution >= 4 is 35.8 Å². The zero-order valence-corrected chi connectivity index (χ0v) is 47.9. The van der Waals surface area contributed by atoms with Gasteiger partial charge in [0.2, 0.25) is 0 Å². The second-order valence-corrected chi connectivity index (χ2v) is 19.9. The van der Waals surface area contributed by atoms with Gasteiger partial charge in [0.25, 0.3) is 0 Å². The molecule has 7 aromatic carbocycles. The van der Waals surface area contributed by atoms with Crippen LogP contribution in [0, 0.1) is 0 Å². The molecule has 0 fully saturated rings. The highest BCUT2D eigenvalue weighted by atomic mass is 16.6. The highest BCUT2D eigenvalue weighted by Gasteiger charge is 2.25. The van der Waals surface area contributed by atoms with Crippen LogP contribution in [-0.2, 0) is 0 Å². The summed E-state index contributed by atoms with van der Waals surface area (Å²) < 4.78 is 51.1. The molecule has 7 rings (SSSR count). The molecule has 15 nitrogen and oxygen atoms in total. The molecule has 0 radical (unpaired) electrons. The maximum absolute atomic E-state index is 14.1. The van der Waals surface area contributed by atoms with Crippen LogP contribution in [0.2, 0.25) is 0 Å². The van der Waals surface area contributed by atoms with E-state index in [0.29, 0.717) is 54.3 Å². The Bertz CT molecular complexity index is 3210. The topological polar surface area (TPSA) is 185 Å². The van der Waals surface area contributed by atoms with E-state index in [-0.39, 0.29) is 50.6 Å². The standard InChI is InChI=1S/C69H72O15/c1-4-7-10-13-16-45-76-53-32-38-59(39-33-53)79-64(70)49-19-26-56(27-20-49)82-67(73)52-25-44-62(68(74)83-57-28-21-50(22-29-57)65(71)80-60-40-34-54(35-41-60)77-46-17-14-11-8-5-2)63(48-52)69(75)84-58-30-23-51(24-31-58)66(72)81-61-42-36-55(37-43-61)78-47-18-15-12-9-6-3/h19-44,48H,4-18,45-47H2,1-3H3. The van der Waals surface area contributed by atoms with Crippen molar-refractivity contribution in [2.24, 2.45) is 0 Å². The number of benzene rings is 7. The monoisotopic (exact) mass is 1140 g/mol. The van der Waals surface area contributed by atoms with Crippen molar-refractivity contribution < 1.29 is 71.4 Å². The summed E-state index contributed by atoms with van der Waals surface area (Å²) in [6, 6.07) is 40.7. The first kappa shape index (κ1) is 62.4. The molecule has 0 aliphatic heterocycles. The molecule has 0 aliphatic rings. The number of unbranched alkanes of at least 4 members (excludes halogenated alkanes) is 12. The summed E-state index contributed by atoms with van der Waals surface area (Å²) in [4.78, 5) is 80.8. The van der Waals surface area contributed by atoms with Gasteiger partial charge in [0, 0.05) is 0 Å². The summed E-state index contributed by atoms with van der Waals surface area (Å²) in [5.74, 6) is -1.92. The highest BCUT2D eigenvalue weighted by Crippen LogP contribution is 2.27. The van der Waals surface area contributed by atoms with E-state index in [1.165, 1.54) is 143 Å². The summed E-state index contributed by atoms with van der Waals surface area (Å²) in [5, 5.41) is 0. The summed E-state index contributed by atoms with van der Waals surface area (Å²) in [7, 11) is 0. The van der Waals surface area contributed by atoms with E-state index in [1.807, 2.05) is 0 Å². The van der Waals surface area contributed by atoms with Crippen molar-refractivity contribution in [3.05, 3.63) is 197 Å². The molecule has 0 bridgehead atoms. The fourth-order valence-electron chi connectivity index (χ4n) is 8.48. The van der Waals surface area contributed by atoms with Gasteiger partial charge in [-0.05, 0) is 183 Å². The van der Waals surface area contributed by atoms with Crippen LogP contribution in [0.1, 0.15) is 179 Å². The lowest BCUT2D eigenvalue weighted by molar-refractivity contribution is 0.0689. The van der Waals surface area contributed by atoms with E-state index in [1.54, 1.807) is 72.8 Å². The van der Waals surface area contributed by atoms with Crippen molar-refractivity contribution in [2.45, 2.75) is 117 Å². The number of carbonyl (C=O) groups is 6. The molecular formula is C69H72O15. The summed E-state index contributed by atoms with van der Waals surface area (Å²) in [5.41, 5.74) is -0.289. The number of rotatable bonds is 33. The smallest absolute Gasteiger partial charge is 0.344 e. The van der Waals surface area contributed by atoms with Crippen molar-refractivity contribution in [2.75, 3.05) is 19.8 Å². The average molecular weight is 1140 g/mol. The average Bonchev–Trinajstić information content (AvgIpc) is 3.71. The Morgan fingerprint density at radius 1 is 0.238 bits per heavy atom. The fraction of sp³-hybridized carbons (Fsp3) is 0.304. The molecule has 0 unspecified atom stereocenters. The minimum absolute atomic E-state index is 0.00638. The zero-order valence-electron chi connectivity index (χ0n) is 47.9.